The summed E-state index contributed by atoms with van der Waals surface area (Å²) in [5, 5.41) is 3.28. The van der Waals surface area contributed by atoms with E-state index in [1.807, 2.05) is 12.1 Å². The van der Waals surface area contributed by atoms with E-state index in [2.05, 4.69) is 26.7 Å². The van der Waals surface area contributed by atoms with Crippen LogP contribution in [-0.4, -0.2) is 44.9 Å². The Morgan fingerprint density at radius 2 is 2.06 bits per heavy atom. The third kappa shape index (κ3) is 4.08. The van der Waals surface area contributed by atoms with Gasteiger partial charge in [0.25, 0.3) is 0 Å². The van der Waals surface area contributed by atoms with Gasteiger partial charge in [-0.25, -0.2) is 25.2 Å². The number of anilines is 2. The van der Waals surface area contributed by atoms with E-state index in [0.29, 0.717) is 43.4 Å². The Balaban J connectivity index is 1.50. The maximum Gasteiger partial charge on any atom is 0.242 e. The van der Waals surface area contributed by atoms with Gasteiger partial charge in [0.2, 0.25) is 5.91 Å². The molecule has 4 heterocycles. The quantitative estimate of drug-likeness (QED) is 0.500. The standard InChI is InChI=1S/C21H21FN8O/c22-14-3-5-15(6-4-14)25-20-16-12-30(21(31)18-11-24-29-28-18)9-7-17(16)26-19(27-20)13-2-1-8-23-10-13/h1-6,8,10,18,24,28-29H,7,9,11-12H2,(H,25,26,27). The lowest BCUT2D eigenvalue weighted by atomic mass is 10.0. The Bertz CT molecular complexity index is 1090. The van der Waals surface area contributed by atoms with Crippen molar-refractivity contribution in [2.45, 2.75) is 19.0 Å². The average molecular weight is 420 g/mol. The molecular formula is C21H21FN8O. The number of nitrogens with zero attached hydrogens (tertiary/aromatic N) is 4. The number of carbonyl (C=O) groups excluding carboxylic acids is 1. The van der Waals surface area contributed by atoms with Crippen molar-refractivity contribution in [2.75, 3.05) is 18.4 Å². The van der Waals surface area contributed by atoms with Crippen LogP contribution in [0.2, 0.25) is 0 Å². The number of pyridine rings is 1. The van der Waals surface area contributed by atoms with E-state index in [-0.39, 0.29) is 17.8 Å². The van der Waals surface area contributed by atoms with Crippen molar-refractivity contribution < 1.29 is 9.18 Å². The Kier molecular flexibility index (Phi) is 5.24. The maximum absolute atomic E-state index is 13.4. The van der Waals surface area contributed by atoms with E-state index in [1.165, 1.54) is 12.1 Å². The van der Waals surface area contributed by atoms with Crippen molar-refractivity contribution in [1.29, 1.82) is 0 Å². The minimum absolute atomic E-state index is 0.00668. The monoisotopic (exact) mass is 420 g/mol. The van der Waals surface area contributed by atoms with Crippen molar-refractivity contribution in [3.05, 3.63) is 65.9 Å². The van der Waals surface area contributed by atoms with E-state index < -0.39 is 0 Å². The number of nitrogens with one attached hydrogen (secondary N) is 4. The van der Waals surface area contributed by atoms with E-state index in [0.717, 1.165) is 16.8 Å². The molecule has 5 rings (SSSR count). The first-order chi connectivity index (χ1) is 15.2. The number of benzene rings is 1. The molecule has 0 saturated carbocycles. The van der Waals surface area contributed by atoms with E-state index in [4.69, 9.17) is 9.97 Å². The Morgan fingerprint density at radius 1 is 1.19 bits per heavy atom. The van der Waals surface area contributed by atoms with Crippen LogP contribution < -0.4 is 21.7 Å². The second kappa shape index (κ2) is 8.34. The highest BCUT2D eigenvalue weighted by molar-refractivity contribution is 5.83. The Hall–Kier alpha value is -3.47. The summed E-state index contributed by atoms with van der Waals surface area (Å²) in [6.07, 6.45) is 4.03. The third-order valence-electron chi connectivity index (χ3n) is 5.34. The lowest BCUT2D eigenvalue weighted by Crippen LogP contribution is -2.48. The van der Waals surface area contributed by atoms with Crippen molar-refractivity contribution in [2.24, 2.45) is 0 Å². The highest BCUT2D eigenvalue weighted by Crippen LogP contribution is 2.29. The molecular weight excluding hydrogens is 399 g/mol. The fourth-order valence-corrected chi connectivity index (χ4v) is 3.71. The first kappa shape index (κ1) is 19.5. The summed E-state index contributed by atoms with van der Waals surface area (Å²) in [7, 11) is 0. The van der Waals surface area contributed by atoms with Crippen LogP contribution in [0.5, 0.6) is 0 Å². The number of carbonyl (C=O) groups is 1. The van der Waals surface area contributed by atoms with Crippen LogP contribution in [0.4, 0.5) is 15.9 Å². The molecule has 1 aromatic carbocycles. The fraction of sp³-hybridized carbons (Fsp3) is 0.238. The number of amides is 1. The first-order valence-corrected chi connectivity index (χ1v) is 10.0. The summed E-state index contributed by atoms with van der Waals surface area (Å²) in [6, 6.07) is 9.49. The number of hydrogen-bond acceptors (Lipinski definition) is 8. The summed E-state index contributed by atoms with van der Waals surface area (Å²) < 4.78 is 13.4. The molecule has 9 nitrogen and oxygen atoms in total. The molecule has 1 amide bonds. The van der Waals surface area contributed by atoms with Gasteiger partial charge >= 0.3 is 0 Å². The van der Waals surface area contributed by atoms with Gasteiger partial charge in [-0.1, -0.05) is 0 Å². The minimum Gasteiger partial charge on any atom is -0.340 e. The number of aromatic nitrogens is 3. The second-order valence-corrected chi connectivity index (χ2v) is 7.41. The van der Waals surface area contributed by atoms with E-state index >= 15 is 0 Å². The molecule has 0 bridgehead atoms. The molecule has 2 aromatic heterocycles. The first-order valence-electron chi connectivity index (χ1n) is 10.0. The predicted octanol–water partition coefficient (Wildman–Crippen LogP) is 1.29. The number of fused-ring (bicyclic) bond motifs is 1. The predicted molar refractivity (Wildman–Crippen MR) is 112 cm³/mol. The lowest BCUT2D eigenvalue weighted by Gasteiger charge is -2.31. The topological polar surface area (TPSA) is 107 Å². The minimum atomic E-state index is -0.328. The normalized spacial score (nSPS) is 18.0. The third-order valence-corrected chi connectivity index (χ3v) is 5.34. The Morgan fingerprint density at radius 3 is 2.81 bits per heavy atom. The number of rotatable bonds is 4. The molecule has 1 fully saturated rings. The molecule has 0 radical (unpaired) electrons. The summed E-state index contributed by atoms with van der Waals surface area (Å²) in [4.78, 5) is 28.3. The molecule has 1 atom stereocenters. The van der Waals surface area contributed by atoms with Crippen LogP contribution in [0, 0.1) is 5.82 Å². The zero-order chi connectivity index (χ0) is 21.2. The number of halogens is 1. The molecule has 1 unspecified atom stereocenters. The number of hydrazine groups is 2. The van der Waals surface area contributed by atoms with Gasteiger partial charge < -0.3 is 10.2 Å². The maximum atomic E-state index is 13.4. The highest BCUT2D eigenvalue weighted by atomic mass is 19.1. The molecule has 4 N–H and O–H groups in total. The molecule has 0 aliphatic carbocycles. The molecule has 31 heavy (non-hydrogen) atoms. The van der Waals surface area contributed by atoms with Crippen LogP contribution >= 0.6 is 0 Å². The van der Waals surface area contributed by atoms with Crippen molar-refractivity contribution >= 4 is 17.4 Å². The van der Waals surface area contributed by atoms with Gasteiger partial charge in [-0.15, -0.1) is 0 Å². The molecule has 1 saturated heterocycles. The van der Waals surface area contributed by atoms with E-state index in [1.54, 1.807) is 29.4 Å². The van der Waals surface area contributed by atoms with Crippen molar-refractivity contribution in [1.82, 2.24) is 36.2 Å². The van der Waals surface area contributed by atoms with Crippen molar-refractivity contribution in [3.63, 3.8) is 0 Å². The summed E-state index contributed by atoms with van der Waals surface area (Å²) in [6.45, 7) is 1.48. The molecule has 10 heteroatoms. The molecule has 2 aliphatic rings. The number of hydrogen-bond donors (Lipinski definition) is 4. The Labute approximate surface area is 178 Å². The van der Waals surface area contributed by atoms with Gasteiger partial charge in [-0.3, -0.25) is 9.78 Å². The van der Waals surface area contributed by atoms with Gasteiger partial charge in [0, 0.05) is 48.7 Å². The summed E-state index contributed by atoms with van der Waals surface area (Å²) in [5.74, 6) is 0.854. The van der Waals surface area contributed by atoms with Crippen LogP contribution in [0.15, 0.2) is 48.8 Å². The summed E-state index contributed by atoms with van der Waals surface area (Å²) in [5.41, 5.74) is 11.8. The van der Waals surface area contributed by atoms with E-state index in [9.17, 15) is 9.18 Å². The van der Waals surface area contributed by atoms with Gasteiger partial charge in [-0.2, -0.15) is 5.53 Å². The van der Waals surface area contributed by atoms with Crippen LogP contribution in [0.3, 0.4) is 0 Å². The van der Waals surface area contributed by atoms with Gasteiger partial charge in [0.1, 0.15) is 17.7 Å². The highest BCUT2D eigenvalue weighted by Gasteiger charge is 2.31. The van der Waals surface area contributed by atoms with Crippen LogP contribution in [0.1, 0.15) is 11.3 Å². The summed E-state index contributed by atoms with van der Waals surface area (Å²) >= 11 is 0. The molecule has 2 aliphatic heterocycles. The molecule has 0 spiro atoms. The van der Waals surface area contributed by atoms with Crippen molar-refractivity contribution in [3.8, 4) is 11.4 Å². The van der Waals surface area contributed by atoms with Crippen LogP contribution in [-0.2, 0) is 17.8 Å². The van der Waals surface area contributed by atoms with Crippen LogP contribution in [0.25, 0.3) is 11.4 Å². The fourth-order valence-electron chi connectivity index (χ4n) is 3.71. The lowest BCUT2D eigenvalue weighted by molar-refractivity contribution is -0.133. The van der Waals surface area contributed by atoms with Gasteiger partial charge in [0.15, 0.2) is 5.82 Å². The van der Waals surface area contributed by atoms with Gasteiger partial charge in [-0.05, 0) is 36.4 Å². The SMILES string of the molecule is O=C(C1CNNN1)N1CCc2nc(-c3cccnc3)nc(Nc3ccc(F)cc3)c2C1. The largest absolute Gasteiger partial charge is 0.340 e. The molecule has 158 valence electrons. The smallest absolute Gasteiger partial charge is 0.242 e. The molecule has 3 aromatic rings. The average Bonchev–Trinajstić information content (AvgIpc) is 3.35. The zero-order valence-corrected chi connectivity index (χ0v) is 16.6. The second-order valence-electron chi connectivity index (χ2n) is 7.41. The van der Waals surface area contributed by atoms with Gasteiger partial charge in [0.05, 0.1) is 12.2 Å². The zero-order valence-electron chi connectivity index (χ0n) is 16.6.